The van der Waals surface area contributed by atoms with Gasteiger partial charge in [-0.3, -0.25) is 4.79 Å². The molecule has 3 N–H and O–H groups in total. The molecule has 3 aliphatic rings. The highest BCUT2D eigenvalue weighted by Gasteiger charge is 2.39. The number of likely N-dealkylation sites (tertiary alicyclic amines) is 2. The van der Waals surface area contributed by atoms with Gasteiger partial charge in [-0.1, -0.05) is 56.0 Å². The summed E-state index contributed by atoms with van der Waals surface area (Å²) in [4.78, 5) is 58.4. The minimum absolute atomic E-state index is 0. The number of carbonyl (C=O) groups excluding carboxylic acids is 3. The summed E-state index contributed by atoms with van der Waals surface area (Å²) in [6.45, 7) is 16.0. The fourth-order valence-electron chi connectivity index (χ4n) is 10.4. The van der Waals surface area contributed by atoms with Crippen LogP contribution in [0.15, 0.2) is 122 Å². The van der Waals surface area contributed by atoms with E-state index in [4.69, 9.17) is 44.1 Å². The van der Waals surface area contributed by atoms with Crippen molar-refractivity contribution in [3.63, 3.8) is 0 Å². The van der Waals surface area contributed by atoms with Gasteiger partial charge < -0.3 is 64.0 Å². The Kier molecular flexibility index (Phi) is 21.0. The second kappa shape index (κ2) is 28.0. The molecule has 5 heterocycles. The fourth-order valence-corrected chi connectivity index (χ4v) is 10.4. The van der Waals surface area contributed by atoms with Crippen molar-refractivity contribution in [2.75, 3.05) is 80.4 Å². The molecule has 0 aliphatic carbocycles. The van der Waals surface area contributed by atoms with Gasteiger partial charge in [0.05, 0.1) is 58.0 Å². The summed E-state index contributed by atoms with van der Waals surface area (Å²) in [5.74, 6) is 4.72. The number of methoxy groups -OCH3 is 4. The lowest BCUT2D eigenvalue weighted by atomic mass is 10.0. The van der Waals surface area contributed by atoms with Gasteiger partial charge >= 0.3 is 12.2 Å². The average molecular weight is 1140 g/mol. The SMILES string of the molecule is C.COc1ccc(CN(Cc2ccc(OC)cc2)c2nccc(N[C@@H]3CCCN(C(=O)OC(C)(C)C)C3)c2N)cc1.COc1ccc(CN(Cc2ccc(OC)cc2)c2nccc3c2CC(=O)N3[C@@H]2CCCN(C(=O)OC(C)(C)C)C2)cc1. The van der Waals surface area contributed by atoms with Gasteiger partial charge in [0.25, 0.3) is 0 Å². The Morgan fingerprint density at radius 3 is 1.41 bits per heavy atom. The summed E-state index contributed by atoms with van der Waals surface area (Å²) in [5, 5.41) is 3.58. The topological polar surface area (TPSA) is 187 Å². The summed E-state index contributed by atoms with van der Waals surface area (Å²) in [5.41, 5.74) is 13.2. The fraction of sp³-hybridized carbons (Fsp3) is 0.431. The van der Waals surface area contributed by atoms with Gasteiger partial charge in [0.1, 0.15) is 40.0 Å². The van der Waals surface area contributed by atoms with E-state index in [1.54, 1.807) is 50.6 Å². The molecule has 0 saturated carbocycles. The van der Waals surface area contributed by atoms with Gasteiger partial charge in [0.2, 0.25) is 5.91 Å². The van der Waals surface area contributed by atoms with E-state index in [2.05, 4.69) is 15.1 Å². The van der Waals surface area contributed by atoms with Crippen molar-refractivity contribution in [1.29, 1.82) is 0 Å². The van der Waals surface area contributed by atoms with E-state index in [0.29, 0.717) is 63.9 Å². The molecule has 4 aromatic carbocycles. The Hall–Kier alpha value is -8.41. The Bertz CT molecular complexity index is 2980. The molecule has 2 fully saturated rings. The van der Waals surface area contributed by atoms with Crippen LogP contribution in [0.4, 0.5) is 38.3 Å². The second-order valence-corrected chi connectivity index (χ2v) is 22.9. The van der Waals surface area contributed by atoms with Crippen molar-refractivity contribution in [3.8, 4) is 23.0 Å². The number of hydrogen-bond donors (Lipinski definition) is 2. The Morgan fingerprint density at radius 1 is 0.578 bits per heavy atom. The Labute approximate surface area is 490 Å². The molecule has 0 unspecified atom stereocenters. The lowest BCUT2D eigenvalue weighted by Gasteiger charge is -2.38. The van der Waals surface area contributed by atoms with Crippen LogP contribution in [-0.2, 0) is 46.9 Å². The van der Waals surface area contributed by atoms with Crippen LogP contribution >= 0.6 is 0 Å². The molecule has 3 amide bonds. The number of benzene rings is 4. The molecule has 83 heavy (non-hydrogen) atoms. The minimum Gasteiger partial charge on any atom is -0.497 e. The number of aromatic nitrogens is 2. The molecule has 0 bridgehead atoms. The zero-order chi connectivity index (χ0) is 58.6. The number of ether oxygens (including phenoxy) is 6. The highest BCUT2D eigenvalue weighted by molar-refractivity contribution is 6.03. The average Bonchev–Trinajstić information content (AvgIpc) is 3.98. The van der Waals surface area contributed by atoms with Gasteiger partial charge in [-0.25, -0.2) is 19.6 Å². The molecule has 3 aliphatic heterocycles. The van der Waals surface area contributed by atoms with Gasteiger partial charge in [-0.2, -0.15) is 0 Å². The van der Waals surface area contributed by atoms with Crippen LogP contribution < -0.4 is 44.7 Å². The first kappa shape index (κ1) is 62.2. The van der Waals surface area contributed by atoms with Crippen LogP contribution in [0.2, 0.25) is 0 Å². The molecule has 0 spiro atoms. The maximum atomic E-state index is 13.6. The van der Waals surface area contributed by atoms with Crippen molar-refractivity contribution < 1.29 is 42.8 Å². The first-order valence-electron chi connectivity index (χ1n) is 28.1. The molecule has 2 atom stereocenters. The van der Waals surface area contributed by atoms with Gasteiger partial charge in [-0.15, -0.1) is 0 Å². The number of fused-ring (bicyclic) bond motifs is 1. The van der Waals surface area contributed by atoms with Crippen molar-refractivity contribution in [3.05, 3.63) is 149 Å². The van der Waals surface area contributed by atoms with E-state index in [9.17, 15) is 14.4 Å². The van der Waals surface area contributed by atoms with Crippen LogP contribution in [0, 0.1) is 0 Å². The van der Waals surface area contributed by atoms with Gasteiger partial charge in [0.15, 0.2) is 5.82 Å². The predicted molar refractivity (Wildman–Crippen MR) is 328 cm³/mol. The third-order valence-electron chi connectivity index (χ3n) is 14.4. The van der Waals surface area contributed by atoms with E-state index in [0.717, 1.165) is 93.7 Å². The number of nitrogen functional groups attached to an aromatic ring is 1. The maximum Gasteiger partial charge on any atom is 0.410 e. The maximum absolute atomic E-state index is 13.6. The molecule has 18 heteroatoms. The molecule has 0 radical (unpaired) electrons. The number of pyridine rings is 2. The largest absolute Gasteiger partial charge is 0.497 e. The summed E-state index contributed by atoms with van der Waals surface area (Å²) in [6, 6.07) is 35.8. The Balaban J connectivity index is 0.000000236. The molecule has 444 valence electrons. The number of amides is 3. The molecular formula is C65H85N9O9. The minimum atomic E-state index is -0.572. The normalized spacial score (nSPS) is 15.8. The lowest BCUT2D eigenvalue weighted by Crippen LogP contribution is -2.51. The monoisotopic (exact) mass is 1140 g/mol. The smallest absolute Gasteiger partial charge is 0.410 e. The third-order valence-corrected chi connectivity index (χ3v) is 14.4. The Morgan fingerprint density at radius 2 is 0.976 bits per heavy atom. The number of anilines is 5. The molecule has 2 aromatic heterocycles. The summed E-state index contributed by atoms with van der Waals surface area (Å²) in [6.07, 6.45) is 6.65. The van der Waals surface area contributed by atoms with Gasteiger partial charge in [0, 0.05) is 76.4 Å². The molecule has 2 saturated heterocycles. The highest BCUT2D eigenvalue weighted by Crippen LogP contribution is 2.39. The number of nitrogens with zero attached hydrogens (tertiary/aromatic N) is 7. The summed E-state index contributed by atoms with van der Waals surface area (Å²) >= 11 is 0. The van der Waals surface area contributed by atoms with Crippen LogP contribution in [0.3, 0.4) is 0 Å². The summed E-state index contributed by atoms with van der Waals surface area (Å²) < 4.78 is 32.6. The highest BCUT2D eigenvalue weighted by atomic mass is 16.6. The van der Waals surface area contributed by atoms with Crippen LogP contribution in [0.1, 0.15) is 102 Å². The molecule has 9 rings (SSSR count). The van der Waals surface area contributed by atoms with Crippen LogP contribution in [0.25, 0.3) is 0 Å². The van der Waals surface area contributed by atoms with E-state index in [1.165, 1.54) is 0 Å². The first-order valence-corrected chi connectivity index (χ1v) is 28.1. The number of hydrogen-bond acceptors (Lipinski definition) is 15. The molecule has 6 aromatic rings. The third kappa shape index (κ3) is 16.9. The van der Waals surface area contributed by atoms with Crippen molar-refractivity contribution >= 4 is 46.8 Å². The number of rotatable bonds is 17. The zero-order valence-corrected chi connectivity index (χ0v) is 49.3. The zero-order valence-electron chi connectivity index (χ0n) is 49.3. The van der Waals surface area contributed by atoms with E-state index < -0.39 is 11.2 Å². The first-order chi connectivity index (χ1) is 39.3. The summed E-state index contributed by atoms with van der Waals surface area (Å²) in [7, 11) is 6.63. The van der Waals surface area contributed by atoms with Crippen LogP contribution in [-0.4, -0.2) is 116 Å². The van der Waals surface area contributed by atoms with E-state index >= 15 is 0 Å². The number of piperidine rings is 2. The quantitative estimate of drug-likeness (QED) is 0.0877. The van der Waals surface area contributed by atoms with E-state index in [-0.39, 0.29) is 44.0 Å². The number of nitrogens with one attached hydrogen (secondary N) is 1. The number of nitrogens with two attached hydrogens (primary N) is 1. The molecule has 18 nitrogen and oxygen atoms in total. The molecular weight excluding hydrogens is 1050 g/mol. The second-order valence-electron chi connectivity index (χ2n) is 22.9. The van der Waals surface area contributed by atoms with Crippen molar-refractivity contribution in [1.82, 2.24) is 19.8 Å². The van der Waals surface area contributed by atoms with E-state index in [1.807, 2.05) is 156 Å². The van der Waals surface area contributed by atoms with Crippen molar-refractivity contribution in [2.45, 2.75) is 131 Å². The van der Waals surface area contributed by atoms with Crippen molar-refractivity contribution in [2.24, 2.45) is 0 Å². The van der Waals surface area contributed by atoms with Gasteiger partial charge in [-0.05, 0) is 150 Å². The lowest BCUT2D eigenvalue weighted by molar-refractivity contribution is -0.118. The predicted octanol–water partition coefficient (Wildman–Crippen LogP) is 11.9. The standard InChI is InChI=1S/C33H40N4O5.C31H41N5O4.CH4/c1-33(2,3)42-32(39)35-18-6-7-25(22-35)37-29-16-17-34-31(28(29)19-30(37)38)36(20-23-8-12-26(40-4)13-9-23)21-24-10-14-27(41-5)15-11-24;1-31(2,3)40-30(37)35-18-6-7-24(21-35)34-27-16-17-33-29(28(27)32)36(19-22-8-12-25(38-4)13-9-22)20-23-10-14-26(39-5)15-11-23;/h8-17,25H,6-7,18-22H2,1-5H3;8-17,24H,6-7,18-21,32H2,1-5H3,(H,33,34);1H4/t25-;24-;/m11./s1. The van der Waals surface area contributed by atoms with Crippen LogP contribution in [0.5, 0.6) is 23.0 Å². The number of carbonyl (C=O) groups is 3.